The van der Waals surface area contributed by atoms with Crippen molar-refractivity contribution in [1.82, 2.24) is 0 Å². The Labute approximate surface area is 166 Å². The molecule has 0 aliphatic heterocycles. The van der Waals surface area contributed by atoms with Gasteiger partial charge in [0, 0.05) is 17.3 Å². The first-order valence-corrected chi connectivity index (χ1v) is 8.51. The number of amides is 1. The standard InChI is InChI=1S/C22H16N2O5/c1-28-18-7-5-17(6-8-18)24-21(25)16(13-23)12-19-9-10-20(29-19)14-3-2-4-15(11-14)22(26)27/h2-12H,1H3,(H,24,25)(H,26,27)/b16-12-. The van der Waals surface area contributed by atoms with Crippen LogP contribution in [0, 0.1) is 11.3 Å². The zero-order valence-corrected chi connectivity index (χ0v) is 15.4. The van der Waals surface area contributed by atoms with Gasteiger partial charge in [-0.25, -0.2) is 4.79 Å². The van der Waals surface area contributed by atoms with Gasteiger partial charge in [-0.2, -0.15) is 5.26 Å². The number of furan rings is 1. The molecule has 1 amide bonds. The van der Waals surface area contributed by atoms with Crippen molar-refractivity contribution in [3.05, 3.63) is 77.6 Å². The molecule has 0 aliphatic carbocycles. The summed E-state index contributed by atoms with van der Waals surface area (Å²) in [4.78, 5) is 23.5. The molecule has 7 nitrogen and oxygen atoms in total. The number of rotatable bonds is 6. The van der Waals surface area contributed by atoms with Crippen LogP contribution >= 0.6 is 0 Å². The van der Waals surface area contributed by atoms with Crippen molar-refractivity contribution in [3.8, 4) is 23.1 Å². The van der Waals surface area contributed by atoms with Gasteiger partial charge in [0.1, 0.15) is 28.9 Å². The first kappa shape index (κ1) is 19.5. The van der Waals surface area contributed by atoms with Gasteiger partial charge in [-0.3, -0.25) is 4.79 Å². The van der Waals surface area contributed by atoms with E-state index in [1.807, 2.05) is 6.07 Å². The summed E-state index contributed by atoms with van der Waals surface area (Å²) in [5.74, 6) is -0.257. The van der Waals surface area contributed by atoms with Gasteiger partial charge in [0.25, 0.3) is 5.91 Å². The van der Waals surface area contributed by atoms with Crippen LogP contribution in [0.25, 0.3) is 17.4 Å². The first-order valence-electron chi connectivity index (χ1n) is 8.51. The number of nitriles is 1. The third-order valence-corrected chi connectivity index (χ3v) is 4.02. The average molecular weight is 388 g/mol. The lowest BCUT2D eigenvalue weighted by Crippen LogP contribution is -2.13. The van der Waals surface area contributed by atoms with Crippen molar-refractivity contribution < 1.29 is 23.8 Å². The minimum absolute atomic E-state index is 0.132. The van der Waals surface area contributed by atoms with E-state index in [1.54, 1.807) is 55.6 Å². The number of carbonyl (C=O) groups is 2. The van der Waals surface area contributed by atoms with Crippen LogP contribution in [-0.2, 0) is 4.79 Å². The number of carboxylic acid groups (broad SMARTS) is 1. The molecule has 0 radical (unpaired) electrons. The van der Waals surface area contributed by atoms with Gasteiger partial charge in [-0.15, -0.1) is 0 Å². The normalized spacial score (nSPS) is 10.8. The van der Waals surface area contributed by atoms with Gasteiger partial charge in [-0.05, 0) is 48.5 Å². The van der Waals surface area contributed by atoms with Gasteiger partial charge in [0.05, 0.1) is 12.7 Å². The molecule has 0 bridgehead atoms. The molecule has 0 unspecified atom stereocenters. The van der Waals surface area contributed by atoms with E-state index in [-0.39, 0.29) is 11.1 Å². The van der Waals surface area contributed by atoms with Gasteiger partial charge in [-0.1, -0.05) is 12.1 Å². The fourth-order valence-corrected chi connectivity index (χ4v) is 2.55. The number of hydrogen-bond acceptors (Lipinski definition) is 5. The van der Waals surface area contributed by atoms with Crippen LogP contribution in [0.2, 0.25) is 0 Å². The monoisotopic (exact) mass is 388 g/mol. The van der Waals surface area contributed by atoms with E-state index >= 15 is 0 Å². The SMILES string of the molecule is COc1ccc(NC(=O)/C(C#N)=C\c2ccc(-c3cccc(C(=O)O)c3)o2)cc1. The largest absolute Gasteiger partial charge is 0.497 e. The molecule has 1 heterocycles. The summed E-state index contributed by atoms with van der Waals surface area (Å²) < 4.78 is 10.7. The number of ether oxygens (including phenoxy) is 1. The third kappa shape index (κ3) is 4.70. The molecule has 2 aromatic carbocycles. The van der Waals surface area contributed by atoms with E-state index in [0.717, 1.165) is 0 Å². The molecule has 3 rings (SSSR count). The second-order valence-electron chi connectivity index (χ2n) is 5.94. The summed E-state index contributed by atoms with van der Waals surface area (Å²) in [6.07, 6.45) is 1.32. The highest BCUT2D eigenvalue weighted by Gasteiger charge is 2.12. The average Bonchev–Trinajstić information content (AvgIpc) is 3.21. The van der Waals surface area contributed by atoms with Crippen molar-refractivity contribution in [3.63, 3.8) is 0 Å². The Kier molecular flexibility index (Phi) is 5.76. The Hall–Kier alpha value is -4.31. The number of carbonyl (C=O) groups excluding carboxylic acids is 1. The zero-order chi connectivity index (χ0) is 20.8. The molecule has 1 aromatic heterocycles. The topological polar surface area (TPSA) is 113 Å². The van der Waals surface area contributed by atoms with Crippen molar-refractivity contribution >= 4 is 23.6 Å². The maximum absolute atomic E-state index is 12.4. The lowest BCUT2D eigenvalue weighted by atomic mass is 10.1. The summed E-state index contributed by atoms with van der Waals surface area (Å²) in [5, 5.41) is 21.1. The molecule has 0 saturated carbocycles. The van der Waals surface area contributed by atoms with Gasteiger partial charge in [0.2, 0.25) is 0 Å². The Morgan fingerprint density at radius 3 is 2.55 bits per heavy atom. The quantitative estimate of drug-likeness (QED) is 0.483. The van der Waals surface area contributed by atoms with E-state index in [0.29, 0.717) is 28.5 Å². The number of benzene rings is 2. The summed E-state index contributed by atoms with van der Waals surface area (Å²) in [7, 11) is 1.54. The minimum Gasteiger partial charge on any atom is -0.497 e. The molecule has 3 aromatic rings. The van der Waals surface area contributed by atoms with Gasteiger partial charge < -0.3 is 19.6 Å². The van der Waals surface area contributed by atoms with Crippen LogP contribution in [0.3, 0.4) is 0 Å². The van der Waals surface area contributed by atoms with E-state index in [4.69, 9.17) is 14.3 Å². The lowest BCUT2D eigenvalue weighted by Gasteiger charge is -2.05. The van der Waals surface area contributed by atoms with Crippen LogP contribution in [0.1, 0.15) is 16.1 Å². The Morgan fingerprint density at radius 2 is 1.90 bits per heavy atom. The highest BCUT2D eigenvalue weighted by molar-refractivity contribution is 6.09. The van der Waals surface area contributed by atoms with Crippen LogP contribution in [0.15, 0.2) is 70.7 Å². The Bertz CT molecular complexity index is 1120. The second-order valence-corrected chi connectivity index (χ2v) is 5.94. The number of aromatic carboxylic acids is 1. The van der Waals surface area contributed by atoms with Crippen molar-refractivity contribution in [2.45, 2.75) is 0 Å². The van der Waals surface area contributed by atoms with E-state index in [2.05, 4.69) is 5.32 Å². The number of nitrogens with zero attached hydrogens (tertiary/aromatic N) is 1. The maximum atomic E-state index is 12.4. The second kappa shape index (κ2) is 8.59. The number of methoxy groups -OCH3 is 1. The number of hydrogen-bond donors (Lipinski definition) is 2. The van der Waals surface area contributed by atoms with Crippen molar-refractivity contribution in [2.24, 2.45) is 0 Å². The molecule has 0 spiro atoms. The highest BCUT2D eigenvalue weighted by atomic mass is 16.5. The first-order chi connectivity index (χ1) is 14.0. The van der Waals surface area contributed by atoms with Crippen LogP contribution in [0.4, 0.5) is 5.69 Å². The summed E-state index contributed by atoms with van der Waals surface area (Å²) in [5.41, 5.74) is 1.09. The predicted molar refractivity (Wildman–Crippen MR) is 106 cm³/mol. The molecule has 29 heavy (non-hydrogen) atoms. The molecule has 7 heteroatoms. The van der Waals surface area contributed by atoms with E-state index in [1.165, 1.54) is 18.2 Å². The summed E-state index contributed by atoms with van der Waals surface area (Å²) >= 11 is 0. The molecular weight excluding hydrogens is 372 g/mol. The smallest absolute Gasteiger partial charge is 0.335 e. The van der Waals surface area contributed by atoms with E-state index in [9.17, 15) is 14.9 Å². The van der Waals surface area contributed by atoms with E-state index < -0.39 is 11.9 Å². The fraction of sp³-hybridized carbons (Fsp3) is 0.0455. The molecule has 0 fully saturated rings. The van der Waals surface area contributed by atoms with Gasteiger partial charge in [0.15, 0.2) is 0 Å². The summed E-state index contributed by atoms with van der Waals surface area (Å²) in [6, 6.07) is 18.1. The van der Waals surface area contributed by atoms with Crippen molar-refractivity contribution in [2.75, 3.05) is 12.4 Å². The van der Waals surface area contributed by atoms with Gasteiger partial charge >= 0.3 is 5.97 Å². The molecule has 0 saturated heterocycles. The maximum Gasteiger partial charge on any atom is 0.335 e. The predicted octanol–water partition coefficient (Wildman–Crippen LogP) is 4.20. The number of anilines is 1. The number of carboxylic acids is 1. The third-order valence-electron chi connectivity index (χ3n) is 4.02. The van der Waals surface area contributed by atoms with Crippen LogP contribution in [-0.4, -0.2) is 24.1 Å². The fourth-order valence-electron chi connectivity index (χ4n) is 2.55. The molecule has 144 valence electrons. The molecule has 0 aliphatic rings. The minimum atomic E-state index is -1.04. The molecular formula is C22H16N2O5. The molecule has 0 atom stereocenters. The Balaban J connectivity index is 1.79. The lowest BCUT2D eigenvalue weighted by molar-refractivity contribution is -0.112. The zero-order valence-electron chi connectivity index (χ0n) is 15.4. The number of nitrogens with one attached hydrogen (secondary N) is 1. The Morgan fingerprint density at radius 1 is 1.14 bits per heavy atom. The van der Waals surface area contributed by atoms with Crippen molar-refractivity contribution in [1.29, 1.82) is 5.26 Å². The van der Waals surface area contributed by atoms with Crippen LogP contribution < -0.4 is 10.1 Å². The molecule has 2 N–H and O–H groups in total. The highest BCUT2D eigenvalue weighted by Crippen LogP contribution is 2.24. The summed E-state index contributed by atoms with van der Waals surface area (Å²) in [6.45, 7) is 0. The van der Waals surface area contributed by atoms with Crippen LogP contribution in [0.5, 0.6) is 5.75 Å².